The minimum Gasteiger partial charge on any atom is -0.395 e. The van der Waals surface area contributed by atoms with E-state index >= 15 is 0 Å². The van der Waals surface area contributed by atoms with Gasteiger partial charge in [-0.05, 0) is 12.0 Å². The smallest absolute Gasteiger partial charge is 0.0802 e. The number of nitrogens with zero attached hydrogens (tertiary/aromatic N) is 1. The van der Waals surface area contributed by atoms with E-state index in [0.717, 1.165) is 18.7 Å². The molecule has 0 spiro atoms. The summed E-state index contributed by atoms with van der Waals surface area (Å²) < 4.78 is 5.33. The van der Waals surface area contributed by atoms with E-state index in [1.807, 2.05) is 30.3 Å². The highest BCUT2D eigenvalue weighted by Gasteiger charge is 2.22. The van der Waals surface area contributed by atoms with Gasteiger partial charge in [-0.2, -0.15) is 0 Å². The van der Waals surface area contributed by atoms with Gasteiger partial charge in [0.05, 0.1) is 32.0 Å². The molecule has 0 radical (unpaired) electrons. The van der Waals surface area contributed by atoms with E-state index in [9.17, 15) is 10.2 Å². The first-order chi connectivity index (χ1) is 8.81. The highest BCUT2D eigenvalue weighted by atomic mass is 16.5. The molecule has 0 saturated carbocycles. The average molecular weight is 251 g/mol. The summed E-state index contributed by atoms with van der Waals surface area (Å²) in [5.41, 5.74) is 0.950. The number of benzene rings is 1. The van der Waals surface area contributed by atoms with Crippen LogP contribution in [0.3, 0.4) is 0 Å². The third-order valence-electron chi connectivity index (χ3n) is 3.43. The van der Waals surface area contributed by atoms with Crippen molar-refractivity contribution in [3.05, 3.63) is 35.9 Å². The van der Waals surface area contributed by atoms with Crippen LogP contribution in [0.1, 0.15) is 18.1 Å². The van der Waals surface area contributed by atoms with E-state index < -0.39 is 6.10 Å². The molecule has 4 nitrogen and oxygen atoms in total. The SMILES string of the molecule is OCC1COCCN1CCC(O)c1ccccc1. The topological polar surface area (TPSA) is 52.9 Å². The van der Waals surface area contributed by atoms with Gasteiger partial charge in [0.15, 0.2) is 0 Å². The van der Waals surface area contributed by atoms with Gasteiger partial charge in [0.25, 0.3) is 0 Å². The third-order valence-corrected chi connectivity index (χ3v) is 3.43. The second kappa shape index (κ2) is 6.85. The predicted molar refractivity (Wildman–Crippen MR) is 69.3 cm³/mol. The fourth-order valence-electron chi connectivity index (χ4n) is 2.28. The molecule has 2 unspecified atom stereocenters. The Morgan fingerprint density at radius 2 is 2.11 bits per heavy atom. The van der Waals surface area contributed by atoms with Gasteiger partial charge < -0.3 is 14.9 Å². The normalized spacial score (nSPS) is 22.9. The standard InChI is InChI=1S/C14H21NO3/c16-10-13-11-18-9-8-15(13)7-6-14(17)12-4-2-1-3-5-12/h1-5,13-14,16-17H,6-11H2. The van der Waals surface area contributed by atoms with Crippen molar-refractivity contribution in [2.24, 2.45) is 0 Å². The molecule has 1 aliphatic heterocycles. The fourth-order valence-corrected chi connectivity index (χ4v) is 2.28. The summed E-state index contributed by atoms with van der Waals surface area (Å²) in [7, 11) is 0. The molecule has 0 aromatic heterocycles. The van der Waals surface area contributed by atoms with Crippen LogP contribution in [-0.2, 0) is 4.74 Å². The van der Waals surface area contributed by atoms with E-state index in [2.05, 4.69) is 4.90 Å². The van der Waals surface area contributed by atoms with E-state index in [1.54, 1.807) is 0 Å². The number of aliphatic hydroxyl groups is 2. The van der Waals surface area contributed by atoms with Crippen LogP contribution < -0.4 is 0 Å². The highest BCUT2D eigenvalue weighted by Crippen LogP contribution is 2.17. The lowest BCUT2D eigenvalue weighted by atomic mass is 10.1. The molecule has 100 valence electrons. The second-order valence-electron chi connectivity index (χ2n) is 4.66. The minimum absolute atomic E-state index is 0.0710. The number of hydrogen-bond acceptors (Lipinski definition) is 4. The van der Waals surface area contributed by atoms with Crippen LogP contribution >= 0.6 is 0 Å². The lowest BCUT2D eigenvalue weighted by Crippen LogP contribution is -2.48. The molecule has 1 heterocycles. The maximum absolute atomic E-state index is 10.1. The molecular weight excluding hydrogens is 230 g/mol. The monoisotopic (exact) mass is 251 g/mol. The van der Waals surface area contributed by atoms with Crippen LogP contribution in [0.25, 0.3) is 0 Å². The molecule has 0 bridgehead atoms. The van der Waals surface area contributed by atoms with E-state index in [0.29, 0.717) is 19.6 Å². The first kappa shape index (κ1) is 13.5. The van der Waals surface area contributed by atoms with Crippen molar-refractivity contribution in [2.75, 3.05) is 32.9 Å². The van der Waals surface area contributed by atoms with E-state index in [4.69, 9.17) is 4.74 Å². The van der Waals surface area contributed by atoms with Crippen molar-refractivity contribution in [2.45, 2.75) is 18.6 Å². The van der Waals surface area contributed by atoms with Crippen molar-refractivity contribution >= 4 is 0 Å². The van der Waals surface area contributed by atoms with Crippen molar-refractivity contribution in [1.82, 2.24) is 4.90 Å². The molecule has 2 N–H and O–H groups in total. The molecule has 18 heavy (non-hydrogen) atoms. The van der Waals surface area contributed by atoms with E-state index in [-0.39, 0.29) is 12.6 Å². The quantitative estimate of drug-likeness (QED) is 0.813. The number of rotatable bonds is 5. The van der Waals surface area contributed by atoms with Crippen LogP contribution in [-0.4, -0.2) is 54.1 Å². The van der Waals surface area contributed by atoms with Crippen molar-refractivity contribution in [3.8, 4) is 0 Å². The summed E-state index contributed by atoms with van der Waals surface area (Å²) in [6.07, 6.45) is 0.244. The van der Waals surface area contributed by atoms with Gasteiger partial charge in [-0.15, -0.1) is 0 Å². The van der Waals surface area contributed by atoms with Gasteiger partial charge in [0.1, 0.15) is 0 Å². The molecule has 0 aliphatic carbocycles. The molecule has 4 heteroatoms. The molecule has 2 rings (SSSR count). The first-order valence-corrected chi connectivity index (χ1v) is 6.47. The van der Waals surface area contributed by atoms with Crippen LogP contribution in [0.15, 0.2) is 30.3 Å². The summed E-state index contributed by atoms with van der Waals surface area (Å²) in [4.78, 5) is 2.19. The Hall–Kier alpha value is -0.940. The summed E-state index contributed by atoms with van der Waals surface area (Å²) in [5.74, 6) is 0. The van der Waals surface area contributed by atoms with E-state index in [1.165, 1.54) is 0 Å². The van der Waals surface area contributed by atoms with Crippen LogP contribution in [0.5, 0.6) is 0 Å². The zero-order valence-corrected chi connectivity index (χ0v) is 10.5. The molecule has 1 saturated heterocycles. The van der Waals surface area contributed by atoms with Crippen molar-refractivity contribution < 1.29 is 14.9 Å². The molecular formula is C14H21NO3. The number of aliphatic hydroxyl groups excluding tert-OH is 2. The van der Waals surface area contributed by atoms with Gasteiger partial charge in [-0.3, -0.25) is 4.90 Å². The Kier molecular flexibility index (Phi) is 5.13. The predicted octanol–water partition coefficient (Wildman–Crippen LogP) is 0.803. The number of morpholine rings is 1. The Balaban J connectivity index is 1.83. The molecule has 0 amide bonds. The van der Waals surface area contributed by atoms with Crippen LogP contribution in [0.2, 0.25) is 0 Å². The van der Waals surface area contributed by atoms with Gasteiger partial charge >= 0.3 is 0 Å². The molecule has 1 fully saturated rings. The Morgan fingerprint density at radius 1 is 1.33 bits per heavy atom. The lowest BCUT2D eigenvalue weighted by Gasteiger charge is -2.34. The second-order valence-corrected chi connectivity index (χ2v) is 4.66. The average Bonchev–Trinajstić information content (AvgIpc) is 2.46. The van der Waals surface area contributed by atoms with Gasteiger partial charge in [-0.1, -0.05) is 30.3 Å². The Morgan fingerprint density at radius 3 is 2.83 bits per heavy atom. The molecule has 1 aromatic rings. The Bertz CT molecular complexity index is 344. The maximum atomic E-state index is 10.1. The van der Waals surface area contributed by atoms with Gasteiger partial charge in [-0.25, -0.2) is 0 Å². The molecule has 1 aliphatic rings. The summed E-state index contributed by atoms with van der Waals surface area (Å²) in [6, 6.07) is 9.76. The molecule has 2 atom stereocenters. The van der Waals surface area contributed by atoms with Crippen LogP contribution in [0.4, 0.5) is 0 Å². The highest BCUT2D eigenvalue weighted by molar-refractivity contribution is 5.17. The number of hydrogen-bond donors (Lipinski definition) is 2. The van der Waals surface area contributed by atoms with Crippen LogP contribution in [0, 0.1) is 0 Å². The fraction of sp³-hybridized carbons (Fsp3) is 0.571. The van der Waals surface area contributed by atoms with Crippen molar-refractivity contribution in [3.63, 3.8) is 0 Å². The Labute approximate surface area is 108 Å². The molecule has 1 aromatic carbocycles. The zero-order chi connectivity index (χ0) is 12.8. The largest absolute Gasteiger partial charge is 0.395 e. The minimum atomic E-state index is -0.437. The number of ether oxygens (including phenoxy) is 1. The summed E-state index contributed by atoms with van der Waals surface area (Å²) in [5, 5.41) is 19.3. The maximum Gasteiger partial charge on any atom is 0.0802 e. The zero-order valence-electron chi connectivity index (χ0n) is 10.5. The van der Waals surface area contributed by atoms with Gasteiger partial charge in [0, 0.05) is 13.1 Å². The summed E-state index contributed by atoms with van der Waals surface area (Å²) >= 11 is 0. The first-order valence-electron chi connectivity index (χ1n) is 6.47. The summed E-state index contributed by atoms with van der Waals surface area (Å²) in [6.45, 7) is 3.01. The third kappa shape index (κ3) is 3.53. The van der Waals surface area contributed by atoms with Crippen molar-refractivity contribution in [1.29, 1.82) is 0 Å². The van der Waals surface area contributed by atoms with Gasteiger partial charge in [0.2, 0.25) is 0 Å². The lowest BCUT2D eigenvalue weighted by molar-refractivity contribution is -0.0321.